The Morgan fingerprint density at radius 1 is 1.40 bits per heavy atom. The monoisotopic (exact) mass is 296 g/mol. The summed E-state index contributed by atoms with van der Waals surface area (Å²) in [7, 11) is -1.84. The van der Waals surface area contributed by atoms with Crippen LogP contribution in [-0.4, -0.2) is 29.8 Å². The van der Waals surface area contributed by atoms with Gasteiger partial charge in [0.15, 0.2) is 0 Å². The van der Waals surface area contributed by atoms with Gasteiger partial charge in [-0.05, 0) is 24.3 Å². The molecular formula is C12H16N4O3S. The van der Waals surface area contributed by atoms with Crippen LogP contribution >= 0.6 is 0 Å². The van der Waals surface area contributed by atoms with Crippen molar-refractivity contribution in [3.63, 3.8) is 0 Å². The number of nitrogens with zero attached hydrogens (tertiary/aromatic N) is 2. The normalized spacial score (nSPS) is 11.7. The molecule has 4 N–H and O–H groups in total. The molecule has 108 valence electrons. The molecule has 0 aliphatic carbocycles. The van der Waals surface area contributed by atoms with Gasteiger partial charge in [-0.1, -0.05) is 0 Å². The number of phenolic OH excluding ortho intramolecular Hbond substituents is 1. The van der Waals surface area contributed by atoms with Gasteiger partial charge in [0.05, 0.1) is 16.3 Å². The Hall–Kier alpha value is -2.06. The van der Waals surface area contributed by atoms with Crippen molar-refractivity contribution in [2.24, 2.45) is 7.05 Å². The highest BCUT2D eigenvalue weighted by Gasteiger charge is 2.15. The minimum atomic E-state index is -3.64. The number of aromatic nitrogens is 2. The summed E-state index contributed by atoms with van der Waals surface area (Å²) in [5.74, 6) is -0.141. The Balaban J connectivity index is 2.02. The van der Waals surface area contributed by atoms with Crippen LogP contribution in [0.5, 0.6) is 5.75 Å². The first kappa shape index (κ1) is 14.4. The van der Waals surface area contributed by atoms with Gasteiger partial charge in [-0.2, -0.15) is 5.10 Å². The van der Waals surface area contributed by atoms with Crippen LogP contribution in [-0.2, 0) is 23.5 Å². The number of benzene rings is 1. The lowest BCUT2D eigenvalue weighted by atomic mass is 10.3. The molecule has 0 bridgehead atoms. The second-order valence-corrected chi connectivity index (χ2v) is 6.12. The fraction of sp³-hybridized carbons (Fsp3) is 0.250. The average molecular weight is 296 g/mol. The Labute approximate surface area is 117 Å². The van der Waals surface area contributed by atoms with Gasteiger partial charge in [-0.25, -0.2) is 13.1 Å². The molecule has 0 fully saturated rings. The first-order chi connectivity index (χ1) is 9.38. The van der Waals surface area contributed by atoms with Crippen LogP contribution in [0.1, 0.15) is 5.69 Å². The van der Waals surface area contributed by atoms with Crippen molar-refractivity contribution in [1.82, 2.24) is 14.5 Å². The van der Waals surface area contributed by atoms with Gasteiger partial charge in [-0.3, -0.25) is 4.68 Å². The van der Waals surface area contributed by atoms with Gasteiger partial charge < -0.3 is 10.8 Å². The van der Waals surface area contributed by atoms with E-state index in [4.69, 9.17) is 5.73 Å². The molecule has 2 aromatic rings. The summed E-state index contributed by atoms with van der Waals surface area (Å²) in [6, 6.07) is 5.60. The van der Waals surface area contributed by atoms with E-state index in [2.05, 4.69) is 9.82 Å². The lowest BCUT2D eigenvalue weighted by molar-refractivity contribution is 0.477. The molecule has 0 aliphatic heterocycles. The lowest BCUT2D eigenvalue weighted by Crippen LogP contribution is -2.26. The van der Waals surface area contributed by atoms with Crippen molar-refractivity contribution < 1.29 is 13.5 Å². The molecule has 1 aromatic carbocycles. The highest BCUT2D eigenvalue weighted by atomic mass is 32.2. The number of aromatic hydroxyl groups is 1. The second kappa shape index (κ2) is 5.51. The predicted octanol–water partition coefficient (Wildman–Crippen LogP) is 0.229. The van der Waals surface area contributed by atoms with Gasteiger partial charge in [-0.15, -0.1) is 0 Å². The Bertz CT molecular complexity index is 709. The molecule has 20 heavy (non-hydrogen) atoms. The molecule has 1 aromatic heterocycles. The van der Waals surface area contributed by atoms with Crippen molar-refractivity contribution in [3.8, 4) is 5.75 Å². The zero-order valence-corrected chi connectivity index (χ0v) is 11.8. The van der Waals surface area contributed by atoms with Crippen molar-refractivity contribution in [2.75, 3.05) is 12.3 Å². The van der Waals surface area contributed by atoms with E-state index in [1.54, 1.807) is 17.9 Å². The lowest BCUT2D eigenvalue weighted by Gasteiger charge is -2.07. The van der Waals surface area contributed by atoms with Crippen LogP contribution in [0.3, 0.4) is 0 Å². The summed E-state index contributed by atoms with van der Waals surface area (Å²) in [4.78, 5) is 0.0221. The molecule has 7 nitrogen and oxygen atoms in total. The van der Waals surface area contributed by atoms with Crippen molar-refractivity contribution in [2.45, 2.75) is 11.3 Å². The molecular weight excluding hydrogens is 280 g/mol. The topological polar surface area (TPSA) is 110 Å². The number of nitrogens with one attached hydrogen (secondary N) is 1. The second-order valence-electron chi connectivity index (χ2n) is 4.35. The van der Waals surface area contributed by atoms with Gasteiger partial charge in [0, 0.05) is 26.2 Å². The summed E-state index contributed by atoms with van der Waals surface area (Å²) < 4.78 is 28.2. The largest absolute Gasteiger partial charge is 0.506 e. The van der Waals surface area contributed by atoms with Crippen molar-refractivity contribution >= 4 is 15.7 Å². The third-order valence-electron chi connectivity index (χ3n) is 2.75. The minimum absolute atomic E-state index is 0.0221. The van der Waals surface area contributed by atoms with Gasteiger partial charge in [0.1, 0.15) is 5.75 Å². The molecule has 8 heteroatoms. The van der Waals surface area contributed by atoms with E-state index in [1.165, 1.54) is 18.2 Å². The molecule has 0 aliphatic rings. The van der Waals surface area contributed by atoms with Gasteiger partial charge >= 0.3 is 0 Å². The van der Waals surface area contributed by atoms with Crippen LogP contribution < -0.4 is 10.5 Å². The Kier molecular flexibility index (Phi) is 3.96. The molecule has 1 heterocycles. The van der Waals surface area contributed by atoms with E-state index in [-0.39, 0.29) is 22.9 Å². The van der Waals surface area contributed by atoms with Crippen molar-refractivity contribution in [1.29, 1.82) is 0 Å². The quantitative estimate of drug-likeness (QED) is 0.540. The van der Waals surface area contributed by atoms with E-state index in [0.717, 1.165) is 5.69 Å². The number of phenols is 1. The van der Waals surface area contributed by atoms with Crippen molar-refractivity contribution in [3.05, 3.63) is 36.2 Å². The summed E-state index contributed by atoms with van der Waals surface area (Å²) in [6.45, 7) is 0.236. The van der Waals surface area contributed by atoms with E-state index in [9.17, 15) is 13.5 Å². The number of aryl methyl sites for hydroxylation is 1. The SMILES string of the molecule is Cn1ccc(CCNS(=O)(=O)c2ccc(O)c(N)c2)n1. The number of rotatable bonds is 5. The summed E-state index contributed by atoms with van der Waals surface area (Å²) in [6.07, 6.45) is 2.29. The third kappa shape index (κ3) is 3.28. The van der Waals surface area contributed by atoms with Crippen LogP contribution in [0.4, 0.5) is 5.69 Å². The number of nitrogen functional groups attached to an aromatic ring is 1. The first-order valence-electron chi connectivity index (χ1n) is 5.95. The zero-order chi connectivity index (χ0) is 14.8. The number of nitrogens with two attached hydrogens (primary N) is 1. The van der Waals surface area contributed by atoms with E-state index in [1.807, 2.05) is 6.07 Å². The van der Waals surface area contributed by atoms with Crippen LogP contribution in [0.15, 0.2) is 35.4 Å². The summed E-state index contributed by atoms with van der Waals surface area (Å²) in [5, 5.41) is 13.4. The summed E-state index contributed by atoms with van der Waals surface area (Å²) >= 11 is 0. The minimum Gasteiger partial charge on any atom is -0.506 e. The Morgan fingerprint density at radius 3 is 2.75 bits per heavy atom. The maximum Gasteiger partial charge on any atom is 0.240 e. The maximum atomic E-state index is 12.0. The molecule has 0 saturated heterocycles. The molecule has 0 atom stereocenters. The predicted molar refractivity (Wildman–Crippen MR) is 74.6 cm³/mol. The van der Waals surface area contributed by atoms with Gasteiger partial charge in [0.25, 0.3) is 0 Å². The summed E-state index contributed by atoms with van der Waals surface area (Å²) in [5.41, 5.74) is 6.32. The zero-order valence-electron chi connectivity index (χ0n) is 10.9. The molecule has 0 spiro atoms. The fourth-order valence-corrected chi connectivity index (χ4v) is 2.76. The van der Waals surface area contributed by atoms with E-state index in [0.29, 0.717) is 6.42 Å². The molecule has 0 unspecified atom stereocenters. The third-order valence-corrected chi connectivity index (χ3v) is 4.21. The average Bonchev–Trinajstić information content (AvgIpc) is 2.78. The highest BCUT2D eigenvalue weighted by molar-refractivity contribution is 7.89. The molecule has 2 rings (SSSR count). The Morgan fingerprint density at radius 2 is 2.15 bits per heavy atom. The maximum absolute atomic E-state index is 12.0. The van der Waals surface area contributed by atoms with E-state index < -0.39 is 10.0 Å². The van der Waals surface area contributed by atoms with Gasteiger partial charge in [0.2, 0.25) is 10.0 Å². The van der Waals surface area contributed by atoms with E-state index >= 15 is 0 Å². The number of hydrogen-bond donors (Lipinski definition) is 3. The number of anilines is 1. The molecule has 0 radical (unpaired) electrons. The molecule has 0 saturated carbocycles. The first-order valence-corrected chi connectivity index (χ1v) is 7.43. The standard InChI is InChI=1S/C12H16N4O3S/c1-16-7-5-9(15-16)4-6-14-20(18,19)10-2-3-12(17)11(13)8-10/h2-3,5,7-8,14,17H,4,6,13H2,1H3. The van der Waals surface area contributed by atoms with Crippen LogP contribution in [0.2, 0.25) is 0 Å². The van der Waals surface area contributed by atoms with Crippen LogP contribution in [0.25, 0.3) is 0 Å². The number of hydrogen-bond acceptors (Lipinski definition) is 5. The smallest absolute Gasteiger partial charge is 0.240 e. The van der Waals surface area contributed by atoms with Crippen LogP contribution in [0, 0.1) is 0 Å². The number of sulfonamides is 1. The highest BCUT2D eigenvalue weighted by Crippen LogP contribution is 2.22. The fourth-order valence-electron chi connectivity index (χ4n) is 1.69. The molecule has 0 amide bonds.